The third kappa shape index (κ3) is 3.00. The number of carboxylic acids is 1. The molecule has 1 aromatic heterocycles. The summed E-state index contributed by atoms with van der Waals surface area (Å²) in [5.41, 5.74) is 0.0250. The van der Waals surface area contributed by atoms with Gasteiger partial charge in [0.05, 0.1) is 10.0 Å². The molecule has 0 aliphatic heterocycles. The third-order valence-electron chi connectivity index (χ3n) is 2.07. The van der Waals surface area contributed by atoms with Crippen LogP contribution in [0.2, 0.25) is 5.15 Å². The quantitative estimate of drug-likeness (QED) is 0.866. The van der Waals surface area contributed by atoms with Gasteiger partial charge in [0.2, 0.25) is 5.88 Å². The molecule has 1 aromatic carbocycles. The summed E-state index contributed by atoms with van der Waals surface area (Å²) in [6, 6.07) is 9.74. The number of pyridine rings is 1. The Morgan fingerprint density at radius 3 is 2.72 bits per heavy atom. The van der Waals surface area contributed by atoms with E-state index in [1.807, 2.05) is 6.07 Å². The van der Waals surface area contributed by atoms with E-state index in [-0.39, 0.29) is 16.6 Å². The fourth-order valence-corrected chi connectivity index (χ4v) is 1.86. The Balaban J connectivity index is 2.35. The fraction of sp³-hybridized carbons (Fsp3) is 0. The summed E-state index contributed by atoms with van der Waals surface area (Å²) in [6.07, 6.45) is 0. The van der Waals surface area contributed by atoms with E-state index in [4.69, 9.17) is 21.4 Å². The molecule has 4 nitrogen and oxygen atoms in total. The van der Waals surface area contributed by atoms with E-state index in [9.17, 15) is 4.79 Å². The first-order chi connectivity index (χ1) is 8.56. The number of ether oxygens (including phenoxy) is 1. The second kappa shape index (κ2) is 5.37. The van der Waals surface area contributed by atoms with Gasteiger partial charge in [0.25, 0.3) is 0 Å². The molecule has 0 aliphatic rings. The zero-order chi connectivity index (χ0) is 13.1. The highest BCUT2D eigenvalue weighted by molar-refractivity contribution is 9.10. The lowest BCUT2D eigenvalue weighted by atomic mass is 10.3. The van der Waals surface area contributed by atoms with Crippen molar-refractivity contribution in [3.63, 3.8) is 0 Å². The van der Waals surface area contributed by atoms with Crippen LogP contribution in [-0.2, 0) is 0 Å². The highest BCUT2D eigenvalue weighted by Gasteiger charge is 2.10. The minimum absolute atomic E-state index is 0.0250. The molecule has 0 bridgehead atoms. The topological polar surface area (TPSA) is 59.4 Å². The lowest BCUT2D eigenvalue weighted by Crippen LogP contribution is -1.98. The van der Waals surface area contributed by atoms with Crippen molar-refractivity contribution in [2.24, 2.45) is 0 Å². The smallest absolute Gasteiger partial charge is 0.335 e. The standard InChI is InChI=1S/C12H7BrClNO3/c13-8-3-1-2-4-9(8)18-11-6-7(12(16)17)5-10(14)15-11/h1-6H,(H,16,17). The van der Waals surface area contributed by atoms with E-state index >= 15 is 0 Å². The molecule has 0 amide bonds. The van der Waals surface area contributed by atoms with E-state index in [1.165, 1.54) is 12.1 Å². The van der Waals surface area contributed by atoms with E-state index in [2.05, 4.69) is 20.9 Å². The predicted octanol–water partition coefficient (Wildman–Crippen LogP) is 3.99. The van der Waals surface area contributed by atoms with E-state index in [0.717, 1.165) is 4.47 Å². The first-order valence-corrected chi connectivity index (χ1v) is 6.06. The monoisotopic (exact) mass is 327 g/mol. The maximum atomic E-state index is 10.9. The zero-order valence-corrected chi connectivity index (χ0v) is 11.3. The number of hydrogen-bond acceptors (Lipinski definition) is 3. The molecule has 0 saturated carbocycles. The fourth-order valence-electron chi connectivity index (χ4n) is 1.29. The molecule has 2 rings (SSSR count). The predicted molar refractivity (Wildman–Crippen MR) is 70.4 cm³/mol. The Morgan fingerprint density at radius 1 is 1.33 bits per heavy atom. The van der Waals surface area contributed by atoms with Gasteiger partial charge in [0, 0.05) is 6.07 Å². The highest BCUT2D eigenvalue weighted by atomic mass is 79.9. The van der Waals surface area contributed by atoms with Crippen LogP contribution in [0.5, 0.6) is 11.6 Å². The second-order valence-corrected chi connectivity index (χ2v) is 4.60. The molecule has 1 heterocycles. The van der Waals surface area contributed by atoms with Crippen molar-refractivity contribution in [3.05, 3.63) is 51.6 Å². The van der Waals surface area contributed by atoms with Gasteiger partial charge in [-0.1, -0.05) is 23.7 Å². The minimum atomic E-state index is -1.09. The molecule has 0 radical (unpaired) electrons. The molecule has 0 atom stereocenters. The SMILES string of the molecule is O=C(O)c1cc(Cl)nc(Oc2ccccc2Br)c1. The lowest BCUT2D eigenvalue weighted by molar-refractivity contribution is 0.0696. The third-order valence-corrected chi connectivity index (χ3v) is 2.92. The maximum Gasteiger partial charge on any atom is 0.335 e. The zero-order valence-electron chi connectivity index (χ0n) is 8.93. The molecule has 0 unspecified atom stereocenters. The Labute approximate surface area is 116 Å². The van der Waals surface area contributed by atoms with Gasteiger partial charge in [-0.3, -0.25) is 0 Å². The molecule has 2 aromatic rings. The molecule has 0 aliphatic carbocycles. The molecule has 92 valence electrons. The van der Waals surface area contributed by atoms with Crippen LogP contribution in [0.4, 0.5) is 0 Å². The van der Waals surface area contributed by atoms with Crippen molar-refractivity contribution in [2.45, 2.75) is 0 Å². The van der Waals surface area contributed by atoms with Crippen LogP contribution < -0.4 is 4.74 Å². The molecular formula is C12H7BrClNO3. The number of para-hydroxylation sites is 1. The maximum absolute atomic E-state index is 10.9. The number of carboxylic acid groups (broad SMARTS) is 1. The van der Waals surface area contributed by atoms with Gasteiger partial charge < -0.3 is 9.84 Å². The first-order valence-electron chi connectivity index (χ1n) is 4.89. The van der Waals surface area contributed by atoms with Crippen molar-refractivity contribution in [2.75, 3.05) is 0 Å². The van der Waals surface area contributed by atoms with Crippen molar-refractivity contribution < 1.29 is 14.6 Å². The average molecular weight is 329 g/mol. The minimum Gasteiger partial charge on any atom is -0.478 e. The van der Waals surface area contributed by atoms with Crippen molar-refractivity contribution in [1.82, 2.24) is 4.98 Å². The van der Waals surface area contributed by atoms with Crippen LogP contribution in [0.3, 0.4) is 0 Å². The van der Waals surface area contributed by atoms with Gasteiger partial charge in [-0.25, -0.2) is 9.78 Å². The molecule has 18 heavy (non-hydrogen) atoms. The Kier molecular flexibility index (Phi) is 3.84. The summed E-state index contributed by atoms with van der Waals surface area (Å²) >= 11 is 9.05. The molecule has 6 heteroatoms. The van der Waals surface area contributed by atoms with Crippen LogP contribution in [0.1, 0.15) is 10.4 Å². The Morgan fingerprint density at radius 2 is 2.06 bits per heavy atom. The summed E-state index contributed by atoms with van der Waals surface area (Å²) in [7, 11) is 0. The van der Waals surface area contributed by atoms with Gasteiger partial charge in [0.1, 0.15) is 10.9 Å². The normalized spacial score (nSPS) is 10.1. The number of carbonyl (C=O) groups is 1. The number of nitrogens with zero attached hydrogens (tertiary/aromatic N) is 1. The Hall–Kier alpha value is -1.59. The summed E-state index contributed by atoms with van der Waals surface area (Å²) in [5, 5.41) is 8.97. The van der Waals surface area contributed by atoms with Gasteiger partial charge in [-0.2, -0.15) is 0 Å². The molecule has 1 N–H and O–H groups in total. The highest BCUT2D eigenvalue weighted by Crippen LogP contribution is 2.29. The largest absolute Gasteiger partial charge is 0.478 e. The number of benzene rings is 1. The average Bonchev–Trinajstić information content (AvgIpc) is 2.31. The lowest BCUT2D eigenvalue weighted by Gasteiger charge is -2.07. The molecule has 0 spiro atoms. The molecule has 0 fully saturated rings. The van der Waals surface area contributed by atoms with Crippen LogP contribution in [-0.4, -0.2) is 16.1 Å². The number of aromatic carboxylic acids is 1. The molecular weight excluding hydrogens is 321 g/mol. The van der Waals surface area contributed by atoms with E-state index < -0.39 is 5.97 Å². The number of aromatic nitrogens is 1. The Bertz CT molecular complexity index is 604. The van der Waals surface area contributed by atoms with Crippen molar-refractivity contribution in [3.8, 4) is 11.6 Å². The van der Waals surface area contributed by atoms with Gasteiger partial charge in [-0.05, 0) is 34.1 Å². The van der Waals surface area contributed by atoms with E-state index in [0.29, 0.717) is 5.75 Å². The number of rotatable bonds is 3. The first kappa shape index (κ1) is 12.9. The van der Waals surface area contributed by atoms with Crippen LogP contribution in [0.15, 0.2) is 40.9 Å². The number of hydrogen-bond donors (Lipinski definition) is 1. The van der Waals surface area contributed by atoms with Crippen LogP contribution in [0.25, 0.3) is 0 Å². The summed E-state index contributed by atoms with van der Waals surface area (Å²) < 4.78 is 6.21. The van der Waals surface area contributed by atoms with Crippen LogP contribution in [0, 0.1) is 0 Å². The van der Waals surface area contributed by atoms with Gasteiger partial charge in [0.15, 0.2) is 0 Å². The number of halogens is 2. The summed E-state index contributed by atoms with van der Waals surface area (Å²) in [6.45, 7) is 0. The van der Waals surface area contributed by atoms with Crippen LogP contribution >= 0.6 is 27.5 Å². The molecule has 0 saturated heterocycles. The van der Waals surface area contributed by atoms with Crippen molar-refractivity contribution >= 4 is 33.5 Å². The van der Waals surface area contributed by atoms with Gasteiger partial charge >= 0.3 is 5.97 Å². The summed E-state index contributed by atoms with van der Waals surface area (Å²) in [5.74, 6) is -0.424. The van der Waals surface area contributed by atoms with E-state index in [1.54, 1.807) is 18.2 Å². The van der Waals surface area contributed by atoms with Crippen molar-refractivity contribution in [1.29, 1.82) is 0 Å². The summed E-state index contributed by atoms with van der Waals surface area (Å²) in [4.78, 5) is 14.8. The van der Waals surface area contributed by atoms with Gasteiger partial charge in [-0.15, -0.1) is 0 Å². The second-order valence-electron chi connectivity index (χ2n) is 3.35.